The number of benzene rings is 1. The molecule has 154 valence electrons. The maximum Gasteiger partial charge on any atom is 0.197 e. The Labute approximate surface area is 184 Å². The average molecular weight is 496 g/mol. The number of hydrogen-bond donors (Lipinski definition) is 0. The molecule has 0 spiro atoms. The van der Waals surface area contributed by atoms with Crippen molar-refractivity contribution in [1.82, 2.24) is 0 Å². The summed E-state index contributed by atoms with van der Waals surface area (Å²) in [6.45, 7) is 12.8. The van der Waals surface area contributed by atoms with Gasteiger partial charge in [0, 0.05) is 3.92 Å². The van der Waals surface area contributed by atoms with E-state index >= 15 is 0 Å². The van der Waals surface area contributed by atoms with Gasteiger partial charge in [-0.3, -0.25) is 0 Å². The molecular formula is C24H33IO3. The summed E-state index contributed by atoms with van der Waals surface area (Å²) < 4.78 is 17.4. The quantitative estimate of drug-likeness (QED) is 0.0830. The van der Waals surface area contributed by atoms with Gasteiger partial charge in [0.15, 0.2) is 6.29 Å². The largest absolute Gasteiger partial charge is 0.491 e. The molecule has 0 heterocycles. The zero-order valence-electron chi connectivity index (χ0n) is 17.2. The molecule has 2 atom stereocenters. The highest BCUT2D eigenvalue weighted by Gasteiger charge is 2.15. The lowest BCUT2D eigenvalue weighted by molar-refractivity contribution is -0.105. The first-order chi connectivity index (χ1) is 13.5. The SMILES string of the molecule is C=C(/C=C\C(=C)C(C)I)OC(C)OCCOc1ccc(C2CCCCC2)cc1. The minimum absolute atomic E-state index is 0.375. The Kier molecular flexibility index (Phi) is 10.1. The van der Waals surface area contributed by atoms with E-state index in [9.17, 15) is 0 Å². The van der Waals surface area contributed by atoms with Crippen molar-refractivity contribution >= 4 is 22.6 Å². The van der Waals surface area contributed by atoms with Gasteiger partial charge in [0.25, 0.3) is 0 Å². The van der Waals surface area contributed by atoms with E-state index in [-0.39, 0.29) is 6.29 Å². The number of ether oxygens (including phenoxy) is 3. The Balaban J connectivity index is 1.63. The fourth-order valence-corrected chi connectivity index (χ4v) is 3.47. The predicted molar refractivity (Wildman–Crippen MR) is 125 cm³/mol. The van der Waals surface area contributed by atoms with Gasteiger partial charge in [-0.2, -0.15) is 0 Å². The topological polar surface area (TPSA) is 27.7 Å². The van der Waals surface area contributed by atoms with Crippen LogP contribution in [-0.4, -0.2) is 23.4 Å². The second kappa shape index (κ2) is 12.3. The van der Waals surface area contributed by atoms with Crippen molar-refractivity contribution in [3.05, 3.63) is 66.5 Å². The second-order valence-electron chi connectivity index (χ2n) is 7.30. The number of hydrogen-bond acceptors (Lipinski definition) is 3. The molecule has 0 radical (unpaired) electrons. The normalized spacial score (nSPS) is 17.2. The van der Waals surface area contributed by atoms with Crippen molar-refractivity contribution < 1.29 is 14.2 Å². The molecular weight excluding hydrogens is 463 g/mol. The first kappa shape index (κ1) is 23.0. The summed E-state index contributed by atoms with van der Waals surface area (Å²) in [5.74, 6) is 2.17. The fourth-order valence-electron chi connectivity index (χ4n) is 3.26. The third kappa shape index (κ3) is 8.39. The smallest absolute Gasteiger partial charge is 0.197 e. The second-order valence-corrected chi connectivity index (χ2v) is 9.17. The van der Waals surface area contributed by atoms with Crippen LogP contribution < -0.4 is 4.74 Å². The number of allylic oxidation sites excluding steroid dienone is 3. The van der Waals surface area contributed by atoms with Gasteiger partial charge in [-0.15, -0.1) is 0 Å². The molecule has 2 rings (SSSR count). The van der Waals surface area contributed by atoms with Gasteiger partial charge in [-0.25, -0.2) is 0 Å². The summed E-state index contributed by atoms with van der Waals surface area (Å²) in [6, 6.07) is 8.55. The first-order valence-corrected chi connectivity index (χ1v) is 11.4. The lowest BCUT2D eigenvalue weighted by Gasteiger charge is -2.22. The van der Waals surface area contributed by atoms with Gasteiger partial charge >= 0.3 is 0 Å². The monoisotopic (exact) mass is 496 g/mol. The van der Waals surface area contributed by atoms with Crippen LogP contribution in [0.25, 0.3) is 0 Å². The highest BCUT2D eigenvalue weighted by Crippen LogP contribution is 2.33. The molecule has 1 saturated carbocycles. The van der Waals surface area contributed by atoms with Gasteiger partial charge in [-0.05, 0) is 62.0 Å². The van der Waals surface area contributed by atoms with Crippen LogP contribution in [0.15, 0.2) is 60.9 Å². The standard InChI is InChI=1S/C24H33IO3/c1-18(20(3)25)10-11-19(2)28-21(4)26-16-17-27-24-14-12-23(13-15-24)22-8-6-5-7-9-22/h10-15,20-22H,1-2,5-9,16-17H2,3-4H3/b11-10-. The lowest BCUT2D eigenvalue weighted by atomic mass is 9.84. The predicted octanol–water partition coefficient (Wildman–Crippen LogP) is 6.94. The van der Waals surface area contributed by atoms with Crippen LogP contribution >= 0.6 is 22.6 Å². The van der Waals surface area contributed by atoms with E-state index in [4.69, 9.17) is 14.2 Å². The maximum atomic E-state index is 5.78. The van der Waals surface area contributed by atoms with Crippen LogP contribution in [-0.2, 0) is 9.47 Å². The Morgan fingerprint density at radius 3 is 2.39 bits per heavy atom. The molecule has 1 aliphatic carbocycles. The molecule has 0 bridgehead atoms. The molecule has 3 nitrogen and oxygen atoms in total. The van der Waals surface area contributed by atoms with Crippen molar-refractivity contribution in [2.45, 2.75) is 62.1 Å². The number of halogens is 1. The van der Waals surface area contributed by atoms with Crippen LogP contribution in [0, 0.1) is 0 Å². The minimum Gasteiger partial charge on any atom is -0.491 e. The summed E-state index contributed by atoms with van der Waals surface area (Å²) in [4.78, 5) is 0. The van der Waals surface area contributed by atoms with E-state index in [0.717, 1.165) is 17.2 Å². The Morgan fingerprint density at radius 2 is 1.75 bits per heavy atom. The van der Waals surface area contributed by atoms with Crippen LogP contribution in [0.2, 0.25) is 0 Å². The molecule has 2 unspecified atom stereocenters. The van der Waals surface area contributed by atoms with Gasteiger partial charge in [-0.1, -0.05) is 73.2 Å². The molecule has 28 heavy (non-hydrogen) atoms. The molecule has 0 saturated heterocycles. The Hall–Kier alpha value is -1.27. The van der Waals surface area contributed by atoms with Crippen molar-refractivity contribution in [2.24, 2.45) is 0 Å². The van der Waals surface area contributed by atoms with Crippen LogP contribution in [0.4, 0.5) is 0 Å². The molecule has 0 amide bonds. The Morgan fingerprint density at radius 1 is 1.07 bits per heavy atom. The number of alkyl halides is 1. The van der Waals surface area contributed by atoms with Gasteiger partial charge in [0.1, 0.15) is 18.1 Å². The molecule has 0 N–H and O–H groups in total. The van der Waals surface area contributed by atoms with E-state index in [1.807, 2.05) is 19.1 Å². The molecule has 0 aromatic heterocycles. The minimum atomic E-state index is -0.375. The third-order valence-corrected chi connectivity index (χ3v) is 5.77. The molecule has 1 aromatic carbocycles. The summed E-state index contributed by atoms with van der Waals surface area (Å²) in [5, 5.41) is 0. The van der Waals surface area contributed by atoms with E-state index in [2.05, 4.69) is 66.9 Å². The highest BCUT2D eigenvalue weighted by molar-refractivity contribution is 14.1. The van der Waals surface area contributed by atoms with E-state index in [1.54, 1.807) is 0 Å². The zero-order valence-corrected chi connectivity index (χ0v) is 19.3. The lowest BCUT2D eigenvalue weighted by Crippen LogP contribution is -2.16. The van der Waals surface area contributed by atoms with Crippen LogP contribution in [0.3, 0.4) is 0 Å². The van der Waals surface area contributed by atoms with E-state index < -0.39 is 0 Å². The highest BCUT2D eigenvalue weighted by atomic mass is 127. The number of rotatable bonds is 11. The fraction of sp³-hybridized carbons (Fsp3) is 0.500. The molecule has 1 aliphatic rings. The zero-order chi connectivity index (χ0) is 20.4. The van der Waals surface area contributed by atoms with Crippen molar-refractivity contribution in [2.75, 3.05) is 13.2 Å². The van der Waals surface area contributed by atoms with Crippen molar-refractivity contribution in [3.63, 3.8) is 0 Å². The first-order valence-electron chi connectivity index (χ1n) is 10.2. The van der Waals surface area contributed by atoms with Gasteiger partial charge in [0.2, 0.25) is 0 Å². The molecule has 1 aromatic rings. The van der Waals surface area contributed by atoms with Crippen LogP contribution in [0.1, 0.15) is 57.4 Å². The third-order valence-electron chi connectivity index (χ3n) is 4.97. The maximum absolute atomic E-state index is 5.78. The van der Waals surface area contributed by atoms with E-state index in [1.165, 1.54) is 37.7 Å². The van der Waals surface area contributed by atoms with Crippen molar-refractivity contribution in [3.8, 4) is 5.75 Å². The average Bonchev–Trinajstić information content (AvgIpc) is 2.70. The molecule has 1 fully saturated rings. The summed E-state index contributed by atoms with van der Waals surface area (Å²) in [6.07, 6.45) is 10.1. The van der Waals surface area contributed by atoms with E-state index in [0.29, 0.717) is 22.9 Å². The summed E-state index contributed by atoms with van der Waals surface area (Å²) >= 11 is 2.32. The Bertz CT molecular complexity index is 642. The summed E-state index contributed by atoms with van der Waals surface area (Å²) in [5.41, 5.74) is 2.47. The molecule has 4 heteroatoms. The van der Waals surface area contributed by atoms with Gasteiger partial charge < -0.3 is 14.2 Å². The van der Waals surface area contributed by atoms with Crippen LogP contribution in [0.5, 0.6) is 5.75 Å². The van der Waals surface area contributed by atoms with Gasteiger partial charge in [0.05, 0.1) is 6.61 Å². The van der Waals surface area contributed by atoms with Crippen molar-refractivity contribution in [1.29, 1.82) is 0 Å². The molecule has 0 aliphatic heterocycles. The summed E-state index contributed by atoms with van der Waals surface area (Å²) in [7, 11) is 0.